The van der Waals surface area contributed by atoms with Crippen LogP contribution in [0.15, 0.2) is 53.4 Å². The molecule has 0 atom stereocenters. The number of carbonyl (C=O) groups excluding carboxylic acids is 1. The van der Waals surface area contributed by atoms with Crippen LogP contribution in [0.1, 0.15) is 47.5 Å². The van der Waals surface area contributed by atoms with Crippen LogP contribution >= 0.6 is 22.7 Å². The van der Waals surface area contributed by atoms with Gasteiger partial charge >= 0.3 is 0 Å². The number of benzene rings is 2. The van der Waals surface area contributed by atoms with Crippen molar-refractivity contribution in [2.75, 3.05) is 32.0 Å². The van der Waals surface area contributed by atoms with E-state index in [0.717, 1.165) is 64.7 Å². The predicted octanol–water partition coefficient (Wildman–Crippen LogP) is 6.08. The van der Waals surface area contributed by atoms with Crippen LogP contribution in [0.3, 0.4) is 0 Å². The number of nitrogens with one attached hydrogen (secondary N) is 1. The molecule has 4 aromatic rings. The second-order valence-electron chi connectivity index (χ2n) is 9.47. The quantitative estimate of drug-likeness (QED) is 0.265. The average molecular weight is 569 g/mol. The number of carbonyl (C=O) groups is 1. The van der Waals surface area contributed by atoms with Crippen LogP contribution in [0, 0.1) is 0 Å². The van der Waals surface area contributed by atoms with Crippen molar-refractivity contribution in [2.45, 2.75) is 44.6 Å². The third-order valence-electron chi connectivity index (χ3n) is 6.97. The number of hydrogen-bond acceptors (Lipinski definition) is 7. The van der Waals surface area contributed by atoms with Crippen LogP contribution in [0.2, 0.25) is 0 Å². The van der Waals surface area contributed by atoms with E-state index < -0.39 is 10.0 Å². The predicted molar refractivity (Wildman–Crippen MR) is 157 cm³/mol. The van der Waals surface area contributed by atoms with Crippen LogP contribution in [0.4, 0.5) is 5.00 Å². The lowest BCUT2D eigenvalue weighted by Crippen LogP contribution is -2.29. The molecule has 1 aliphatic rings. The molecule has 1 N–H and O–H groups in total. The Kier molecular flexibility index (Phi) is 7.97. The van der Waals surface area contributed by atoms with Crippen molar-refractivity contribution in [3.8, 4) is 10.6 Å². The van der Waals surface area contributed by atoms with Gasteiger partial charge in [-0.15, -0.1) is 22.7 Å². The molecular weight excluding hydrogens is 537 g/mol. The van der Waals surface area contributed by atoms with Gasteiger partial charge in [-0.3, -0.25) is 9.69 Å². The van der Waals surface area contributed by atoms with Gasteiger partial charge < -0.3 is 5.32 Å². The molecule has 0 spiro atoms. The van der Waals surface area contributed by atoms with E-state index in [9.17, 15) is 13.2 Å². The first-order valence-electron chi connectivity index (χ1n) is 12.9. The van der Waals surface area contributed by atoms with Gasteiger partial charge in [-0.2, -0.15) is 0 Å². The molecule has 200 valence electrons. The van der Waals surface area contributed by atoms with E-state index in [0.29, 0.717) is 12.1 Å². The maximum Gasteiger partial charge on any atom is 0.256 e. The number of aromatic nitrogens is 1. The maximum atomic E-state index is 13.3. The van der Waals surface area contributed by atoms with Gasteiger partial charge in [0.15, 0.2) is 0 Å². The minimum Gasteiger partial charge on any atom is -0.313 e. The zero-order valence-electron chi connectivity index (χ0n) is 21.9. The number of amides is 1. The summed E-state index contributed by atoms with van der Waals surface area (Å²) in [5, 5.41) is 4.85. The monoisotopic (exact) mass is 568 g/mol. The molecule has 1 amide bonds. The Morgan fingerprint density at radius 3 is 2.58 bits per heavy atom. The highest BCUT2D eigenvalue weighted by atomic mass is 32.2. The summed E-state index contributed by atoms with van der Waals surface area (Å²) in [5.41, 5.74) is 3.66. The Bertz CT molecular complexity index is 1520. The van der Waals surface area contributed by atoms with E-state index in [-0.39, 0.29) is 10.8 Å². The van der Waals surface area contributed by atoms with Gasteiger partial charge in [-0.25, -0.2) is 17.7 Å². The summed E-state index contributed by atoms with van der Waals surface area (Å²) in [6.07, 6.45) is 2.63. The van der Waals surface area contributed by atoms with Gasteiger partial charge in [0.05, 0.1) is 15.1 Å². The van der Waals surface area contributed by atoms with Crippen molar-refractivity contribution in [2.24, 2.45) is 0 Å². The van der Waals surface area contributed by atoms with Gasteiger partial charge in [0.25, 0.3) is 5.91 Å². The number of anilines is 1. The number of hydrogen-bond donors (Lipinski definition) is 1. The summed E-state index contributed by atoms with van der Waals surface area (Å²) < 4.78 is 28.2. The second-order valence-corrected chi connectivity index (χ2v) is 13.7. The molecule has 0 saturated carbocycles. The topological polar surface area (TPSA) is 82.6 Å². The summed E-state index contributed by atoms with van der Waals surface area (Å²) in [6.45, 7) is 7.49. The van der Waals surface area contributed by atoms with Crippen LogP contribution in [-0.4, -0.2) is 55.2 Å². The summed E-state index contributed by atoms with van der Waals surface area (Å²) in [4.78, 5) is 22.1. The third kappa shape index (κ3) is 5.28. The van der Waals surface area contributed by atoms with Gasteiger partial charge in [-0.05, 0) is 61.3 Å². The number of para-hydroxylation sites is 1. The smallest absolute Gasteiger partial charge is 0.256 e. The molecule has 3 heterocycles. The lowest BCUT2D eigenvalue weighted by Gasteiger charge is -2.25. The van der Waals surface area contributed by atoms with Crippen molar-refractivity contribution in [1.82, 2.24) is 14.2 Å². The molecule has 0 radical (unpaired) electrons. The fourth-order valence-corrected chi connectivity index (χ4v) is 8.26. The summed E-state index contributed by atoms with van der Waals surface area (Å²) in [5.74, 6) is -0.262. The van der Waals surface area contributed by atoms with Crippen molar-refractivity contribution in [3.05, 3.63) is 64.5 Å². The maximum absolute atomic E-state index is 13.3. The van der Waals surface area contributed by atoms with Gasteiger partial charge in [0, 0.05) is 42.7 Å². The van der Waals surface area contributed by atoms with E-state index in [4.69, 9.17) is 4.98 Å². The highest BCUT2D eigenvalue weighted by molar-refractivity contribution is 7.89. The van der Waals surface area contributed by atoms with Crippen LogP contribution in [0.5, 0.6) is 0 Å². The van der Waals surface area contributed by atoms with Gasteiger partial charge in [-0.1, -0.05) is 32.4 Å². The van der Waals surface area contributed by atoms with E-state index >= 15 is 0 Å². The number of fused-ring (bicyclic) bond motifs is 2. The first-order valence-corrected chi connectivity index (χ1v) is 16.0. The molecule has 38 heavy (non-hydrogen) atoms. The Labute approximate surface area is 232 Å². The average Bonchev–Trinajstić information content (AvgIpc) is 3.51. The number of thiophene rings is 1. The molecule has 0 saturated heterocycles. The Morgan fingerprint density at radius 2 is 1.87 bits per heavy atom. The molecule has 0 bridgehead atoms. The van der Waals surface area contributed by atoms with Crippen LogP contribution < -0.4 is 5.32 Å². The second kappa shape index (κ2) is 11.2. The fourth-order valence-electron chi connectivity index (χ4n) is 4.65. The number of likely N-dealkylation sites (N-methyl/N-ethyl adjacent to an activating group) is 1. The normalized spacial score (nSPS) is 14.2. The first-order chi connectivity index (χ1) is 18.3. The highest BCUT2D eigenvalue weighted by Gasteiger charge is 2.28. The number of sulfonamides is 1. The third-order valence-corrected chi connectivity index (χ3v) is 11.0. The molecule has 0 fully saturated rings. The van der Waals surface area contributed by atoms with Gasteiger partial charge in [0.2, 0.25) is 10.0 Å². The van der Waals surface area contributed by atoms with E-state index in [1.165, 1.54) is 26.9 Å². The number of nitrogens with zero attached hydrogens (tertiary/aromatic N) is 3. The molecule has 0 aliphatic carbocycles. The molecule has 1 aliphatic heterocycles. The molecule has 0 unspecified atom stereocenters. The molecule has 10 heteroatoms. The largest absolute Gasteiger partial charge is 0.313 e. The molecule has 2 aromatic heterocycles. The molecule has 7 nitrogen and oxygen atoms in total. The van der Waals surface area contributed by atoms with Crippen molar-refractivity contribution in [1.29, 1.82) is 0 Å². The highest BCUT2D eigenvalue weighted by Crippen LogP contribution is 2.45. The lowest BCUT2D eigenvalue weighted by molar-refractivity contribution is 0.102. The fraction of sp³-hybridized carbons (Fsp3) is 0.357. The number of rotatable bonds is 9. The standard InChI is InChI=1S/C28H32N4O3S3/c1-4-6-16-31(3)38(34,35)20-13-11-19(12-14-20)26(33)30-28-25(21-15-17-32(5-2)18-24(21)37-28)27-29-22-9-7-8-10-23(22)36-27/h7-14H,4-6,15-18H2,1-3H3,(H,30,33). The van der Waals surface area contributed by atoms with Crippen molar-refractivity contribution < 1.29 is 13.2 Å². The number of unbranched alkanes of at least 4 members (excludes halogenated alkanes) is 1. The summed E-state index contributed by atoms with van der Waals surface area (Å²) in [7, 11) is -2.00. The Balaban J connectivity index is 1.44. The van der Waals surface area contributed by atoms with Crippen molar-refractivity contribution >= 4 is 53.8 Å². The van der Waals surface area contributed by atoms with E-state index in [2.05, 4.69) is 23.2 Å². The summed E-state index contributed by atoms with van der Waals surface area (Å²) in [6, 6.07) is 14.3. The molecule has 2 aromatic carbocycles. The molecule has 5 rings (SSSR count). The van der Waals surface area contributed by atoms with Crippen molar-refractivity contribution in [3.63, 3.8) is 0 Å². The minimum absolute atomic E-state index is 0.189. The zero-order chi connectivity index (χ0) is 26.9. The molecular formula is C28H32N4O3S3. The van der Waals surface area contributed by atoms with Crippen LogP contribution in [-0.2, 0) is 23.0 Å². The Hall–Kier alpha value is -2.63. The van der Waals surface area contributed by atoms with Gasteiger partial charge in [0.1, 0.15) is 10.0 Å². The zero-order valence-corrected chi connectivity index (χ0v) is 24.3. The SMILES string of the molecule is CCCCN(C)S(=O)(=O)c1ccc(C(=O)Nc2sc3c(c2-c2nc4ccccc4s2)CCN(CC)C3)cc1. The minimum atomic E-state index is -3.59. The lowest BCUT2D eigenvalue weighted by atomic mass is 10.0. The first kappa shape index (κ1) is 27.0. The van der Waals surface area contributed by atoms with Crippen LogP contribution in [0.25, 0.3) is 20.8 Å². The summed E-state index contributed by atoms with van der Waals surface area (Å²) >= 11 is 3.26. The number of thiazole rings is 1. The van der Waals surface area contributed by atoms with E-state index in [1.54, 1.807) is 41.9 Å². The van der Waals surface area contributed by atoms with E-state index in [1.807, 2.05) is 25.1 Å². The Morgan fingerprint density at radius 1 is 1.11 bits per heavy atom.